The van der Waals surface area contributed by atoms with E-state index in [1.165, 1.54) is 0 Å². The number of carbonyl (C=O) groups excluding carboxylic acids is 3. The first-order valence-electron chi connectivity index (χ1n) is 15.1. The van der Waals surface area contributed by atoms with E-state index in [0.29, 0.717) is 25.7 Å². The maximum Gasteiger partial charge on any atom is 0.309 e. The van der Waals surface area contributed by atoms with E-state index in [9.17, 15) is 19.5 Å². The van der Waals surface area contributed by atoms with Crippen molar-refractivity contribution in [1.82, 2.24) is 10.6 Å². The minimum absolute atomic E-state index is 0.0153. The average molecular weight is 597 g/mol. The Hall–Kier alpha value is -4.49. The number of hydrogen-bond acceptors (Lipinski definition) is 5. The van der Waals surface area contributed by atoms with E-state index in [4.69, 9.17) is 4.74 Å². The third kappa shape index (κ3) is 12.0. The molecule has 3 aromatic rings. The molecule has 7 heteroatoms. The van der Waals surface area contributed by atoms with Gasteiger partial charge in [0.2, 0.25) is 11.8 Å². The summed E-state index contributed by atoms with van der Waals surface area (Å²) >= 11 is 0. The number of amides is 2. The van der Waals surface area contributed by atoms with Crippen LogP contribution in [-0.4, -0.2) is 48.2 Å². The third-order valence-corrected chi connectivity index (χ3v) is 7.37. The van der Waals surface area contributed by atoms with Crippen LogP contribution in [-0.2, 0) is 38.4 Å². The summed E-state index contributed by atoms with van der Waals surface area (Å²) in [6.45, 7) is 7.33. The molecule has 0 aliphatic rings. The first-order chi connectivity index (χ1) is 21.4. The summed E-state index contributed by atoms with van der Waals surface area (Å²) in [7, 11) is 0. The molecule has 0 fully saturated rings. The Kier molecular flexibility index (Phi) is 14.6. The molecule has 0 aliphatic heterocycles. The molecule has 0 aromatic heterocycles. The number of allylic oxidation sites excluding steroid dienone is 2. The van der Waals surface area contributed by atoms with Crippen molar-refractivity contribution in [3.05, 3.63) is 133 Å². The smallest absolute Gasteiger partial charge is 0.309 e. The molecule has 4 atom stereocenters. The van der Waals surface area contributed by atoms with Crippen LogP contribution in [0.3, 0.4) is 0 Å². The summed E-state index contributed by atoms with van der Waals surface area (Å²) in [5, 5.41) is 15.7. The average Bonchev–Trinajstić information content (AvgIpc) is 3.04. The summed E-state index contributed by atoms with van der Waals surface area (Å²) in [6.07, 6.45) is 5.46. The van der Waals surface area contributed by atoms with Crippen LogP contribution >= 0.6 is 0 Å². The zero-order chi connectivity index (χ0) is 31.6. The monoisotopic (exact) mass is 596 g/mol. The van der Waals surface area contributed by atoms with E-state index in [-0.39, 0.29) is 43.8 Å². The van der Waals surface area contributed by atoms with Crippen LogP contribution < -0.4 is 10.6 Å². The number of nitrogens with one attached hydrogen (secondary N) is 2. The number of aliphatic hydroxyl groups excluding tert-OH is 1. The van der Waals surface area contributed by atoms with Crippen LogP contribution in [0.2, 0.25) is 0 Å². The molecule has 0 bridgehead atoms. The van der Waals surface area contributed by atoms with E-state index in [1.807, 2.05) is 91.0 Å². The lowest BCUT2D eigenvalue weighted by molar-refractivity contribution is -0.149. The highest BCUT2D eigenvalue weighted by atomic mass is 16.5. The highest BCUT2D eigenvalue weighted by Crippen LogP contribution is 2.17. The van der Waals surface area contributed by atoms with Crippen molar-refractivity contribution in [2.75, 3.05) is 13.2 Å². The first-order valence-corrected chi connectivity index (χ1v) is 15.1. The van der Waals surface area contributed by atoms with Crippen LogP contribution in [0.15, 0.2) is 116 Å². The molecule has 0 aliphatic carbocycles. The van der Waals surface area contributed by atoms with Gasteiger partial charge in [0, 0.05) is 6.42 Å². The number of ether oxygens (including phenoxy) is 1. The zero-order valence-corrected chi connectivity index (χ0v) is 25.3. The Bertz CT molecular complexity index is 1310. The summed E-state index contributed by atoms with van der Waals surface area (Å²) in [4.78, 5) is 39.6. The van der Waals surface area contributed by atoms with Crippen molar-refractivity contribution in [2.24, 2.45) is 11.8 Å². The largest absolute Gasteiger partial charge is 0.463 e. The zero-order valence-electron chi connectivity index (χ0n) is 25.3. The topological polar surface area (TPSA) is 105 Å². The van der Waals surface area contributed by atoms with Crippen molar-refractivity contribution in [2.45, 2.75) is 50.6 Å². The van der Waals surface area contributed by atoms with Crippen molar-refractivity contribution >= 4 is 17.8 Å². The second kappa shape index (κ2) is 18.9. The van der Waals surface area contributed by atoms with Gasteiger partial charge in [-0.3, -0.25) is 14.4 Å². The SMILES string of the molecule is C=CC[C@H](CC(=O)N[C@H](CO)Cc1ccccc1)C(=O)N[C@@H](COC(=O)[C@H](CC=C)Cc1ccccc1)Cc1ccccc1. The van der Waals surface area contributed by atoms with Crippen LogP contribution in [0, 0.1) is 11.8 Å². The van der Waals surface area contributed by atoms with Crippen molar-refractivity contribution in [1.29, 1.82) is 0 Å². The fraction of sp³-hybridized carbons (Fsp3) is 0.324. The standard InChI is InChI=1S/C37H44N2O5/c1-3-14-31(25-35(41)38-33(26-40)23-29-18-10-6-11-19-29)36(42)39-34(24-30-20-12-7-13-21-30)27-44-37(43)32(15-4-2)22-28-16-8-5-9-17-28/h3-13,16-21,31-34,40H,1-2,14-15,22-27H2,(H,38,41)(H,39,42)/t31-,32-,33+,34-/m1/s1. The van der Waals surface area contributed by atoms with Crippen molar-refractivity contribution < 1.29 is 24.2 Å². The normalized spacial score (nSPS) is 13.5. The summed E-state index contributed by atoms with van der Waals surface area (Å²) in [6, 6.07) is 28.0. The van der Waals surface area contributed by atoms with E-state index >= 15 is 0 Å². The first kappa shape index (κ1) is 34.0. The molecule has 0 radical (unpaired) electrons. The molecule has 44 heavy (non-hydrogen) atoms. The molecule has 0 saturated carbocycles. The number of esters is 1. The predicted molar refractivity (Wildman–Crippen MR) is 174 cm³/mol. The Morgan fingerprint density at radius 2 is 1.16 bits per heavy atom. The summed E-state index contributed by atoms with van der Waals surface area (Å²) in [5.74, 6) is -2.08. The van der Waals surface area contributed by atoms with Gasteiger partial charge in [-0.25, -0.2) is 0 Å². The molecule has 0 unspecified atom stereocenters. The van der Waals surface area contributed by atoms with Gasteiger partial charge in [0.25, 0.3) is 0 Å². The van der Waals surface area contributed by atoms with Gasteiger partial charge in [-0.1, -0.05) is 103 Å². The molecule has 232 valence electrons. The van der Waals surface area contributed by atoms with Gasteiger partial charge in [-0.15, -0.1) is 13.2 Å². The molecule has 0 heterocycles. The predicted octanol–water partition coefficient (Wildman–Crippen LogP) is 4.99. The molecular formula is C37H44N2O5. The molecule has 0 saturated heterocycles. The molecular weight excluding hydrogens is 552 g/mol. The number of aliphatic hydroxyl groups is 1. The number of hydrogen-bond donors (Lipinski definition) is 3. The molecule has 0 spiro atoms. The van der Waals surface area contributed by atoms with Gasteiger partial charge in [0.05, 0.1) is 30.5 Å². The number of carbonyl (C=O) groups is 3. The van der Waals surface area contributed by atoms with Gasteiger partial charge < -0.3 is 20.5 Å². The Balaban J connectivity index is 1.65. The second-order valence-corrected chi connectivity index (χ2v) is 11.0. The highest BCUT2D eigenvalue weighted by molar-refractivity contribution is 5.86. The van der Waals surface area contributed by atoms with Crippen LogP contribution in [0.1, 0.15) is 36.0 Å². The minimum Gasteiger partial charge on any atom is -0.463 e. The molecule has 3 N–H and O–H groups in total. The molecule has 7 nitrogen and oxygen atoms in total. The molecule has 2 amide bonds. The highest BCUT2D eigenvalue weighted by Gasteiger charge is 2.26. The van der Waals surface area contributed by atoms with Gasteiger partial charge in [0.15, 0.2) is 0 Å². The lowest BCUT2D eigenvalue weighted by Gasteiger charge is -2.24. The maximum absolute atomic E-state index is 13.5. The van der Waals surface area contributed by atoms with Gasteiger partial charge in [-0.2, -0.15) is 0 Å². The van der Waals surface area contributed by atoms with Crippen molar-refractivity contribution in [3.63, 3.8) is 0 Å². The number of benzene rings is 3. The van der Waals surface area contributed by atoms with Crippen LogP contribution in [0.5, 0.6) is 0 Å². The van der Waals surface area contributed by atoms with Crippen molar-refractivity contribution in [3.8, 4) is 0 Å². The van der Waals surface area contributed by atoms with Gasteiger partial charge in [0.1, 0.15) is 6.61 Å². The second-order valence-electron chi connectivity index (χ2n) is 11.0. The van der Waals surface area contributed by atoms with E-state index < -0.39 is 23.9 Å². The van der Waals surface area contributed by atoms with Gasteiger partial charge in [-0.05, 0) is 48.8 Å². The van der Waals surface area contributed by atoms with E-state index in [0.717, 1.165) is 16.7 Å². The summed E-state index contributed by atoms with van der Waals surface area (Å²) < 4.78 is 5.78. The lowest BCUT2D eigenvalue weighted by atomic mass is 9.96. The van der Waals surface area contributed by atoms with Gasteiger partial charge >= 0.3 is 5.97 Å². The molecule has 3 aromatic carbocycles. The lowest BCUT2D eigenvalue weighted by Crippen LogP contribution is -2.45. The fourth-order valence-corrected chi connectivity index (χ4v) is 5.09. The third-order valence-electron chi connectivity index (χ3n) is 7.37. The van der Waals surface area contributed by atoms with E-state index in [2.05, 4.69) is 23.8 Å². The van der Waals surface area contributed by atoms with E-state index in [1.54, 1.807) is 12.2 Å². The van der Waals surface area contributed by atoms with Crippen LogP contribution in [0.25, 0.3) is 0 Å². The minimum atomic E-state index is -0.677. The number of rotatable bonds is 19. The molecule has 3 rings (SSSR count). The van der Waals surface area contributed by atoms with Crippen LogP contribution in [0.4, 0.5) is 0 Å². The quantitative estimate of drug-likeness (QED) is 0.134. The Morgan fingerprint density at radius 3 is 1.66 bits per heavy atom. The maximum atomic E-state index is 13.5. The fourth-order valence-electron chi connectivity index (χ4n) is 5.09. The Morgan fingerprint density at radius 1 is 0.682 bits per heavy atom. The Labute approximate surface area is 261 Å². The summed E-state index contributed by atoms with van der Waals surface area (Å²) in [5.41, 5.74) is 3.00.